The van der Waals surface area contributed by atoms with Crippen LogP contribution in [0.3, 0.4) is 0 Å². The van der Waals surface area contributed by atoms with Crippen LogP contribution in [0.15, 0.2) is 50.9 Å². The molecule has 0 unspecified atom stereocenters. The first-order valence-corrected chi connectivity index (χ1v) is 6.72. The van der Waals surface area contributed by atoms with E-state index in [0.717, 1.165) is 20.7 Å². The maximum absolute atomic E-state index is 10.9. The van der Waals surface area contributed by atoms with Crippen LogP contribution in [-0.4, -0.2) is 11.3 Å². The lowest BCUT2D eigenvalue weighted by Gasteiger charge is -2.06. The third-order valence-corrected chi connectivity index (χ3v) is 4.04. The number of hydrogen-bond acceptors (Lipinski definition) is 3. The Bertz CT molecular complexity index is 545. The highest BCUT2D eigenvalue weighted by Crippen LogP contribution is 2.34. The zero-order chi connectivity index (χ0) is 12.3. The molecule has 0 fully saturated rings. The highest BCUT2D eigenvalue weighted by molar-refractivity contribution is 9.10. The lowest BCUT2D eigenvalue weighted by molar-refractivity contribution is 0.112. The zero-order valence-electron chi connectivity index (χ0n) is 8.56. The van der Waals surface area contributed by atoms with Crippen molar-refractivity contribution in [3.8, 4) is 0 Å². The van der Waals surface area contributed by atoms with Gasteiger partial charge in [0.2, 0.25) is 0 Å². The monoisotopic (exact) mass is 327 g/mol. The molecular formula is C12H7BrClNOS. The summed E-state index contributed by atoms with van der Waals surface area (Å²) in [5, 5.41) is 1.36. The third-order valence-electron chi connectivity index (χ3n) is 2.03. The second kappa shape index (κ2) is 5.67. The molecule has 0 radical (unpaired) electrons. The van der Waals surface area contributed by atoms with Crippen LogP contribution in [0.25, 0.3) is 0 Å². The standard InChI is InChI=1S/C12H7BrClNOS/c13-9-4-5-11(15-6-9)17-12-8(7-16)2-1-3-10(12)14/h1-7H. The van der Waals surface area contributed by atoms with Crippen molar-refractivity contribution in [2.75, 3.05) is 0 Å². The maximum Gasteiger partial charge on any atom is 0.151 e. The molecule has 0 aliphatic rings. The van der Waals surface area contributed by atoms with E-state index >= 15 is 0 Å². The van der Waals surface area contributed by atoms with Crippen molar-refractivity contribution in [1.82, 2.24) is 4.98 Å². The molecular weight excluding hydrogens is 322 g/mol. The summed E-state index contributed by atoms with van der Waals surface area (Å²) in [6.07, 6.45) is 2.51. The summed E-state index contributed by atoms with van der Waals surface area (Å²) in [6, 6.07) is 9.01. The lowest BCUT2D eigenvalue weighted by Crippen LogP contribution is -1.87. The number of rotatable bonds is 3. The molecule has 0 amide bonds. The molecule has 0 atom stereocenters. The Morgan fingerprint density at radius 3 is 2.76 bits per heavy atom. The molecule has 0 aliphatic heterocycles. The summed E-state index contributed by atoms with van der Waals surface area (Å²) in [6.45, 7) is 0. The molecule has 0 bridgehead atoms. The number of aldehydes is 1. The predicted octanol–water partition coefficient (Wildman–Crippen LogP) is 4.46. The van der Waals surface area contributed by atoms with E-state index in [1.54, 1.807) is 24.4 Å². The fraction of sp³-hybridized carbons (Fsp3) is 0. The molecule has 0 N–H and O–H groups in total. The van der Waals surface area contributed by atoms with Crippen LogP contribution in [0.2, 0.25) is 5.02 Å². The van der Waals surface area contributed by atoms with Crippen molar-refractivity contribution in [2.24, 2.45) is 0 Å². The first-order valence-electron chi connectivity index (χ1n) is 4.74. The molecule has 0 saturated heterocycles. The van der Waals surface area contributed by atoms with Gasteiger partial charge in [0.15, 0.2) is 6.29 Å². The Balaban J connectivity index is 2.35. The number of pyridine rings is 1. The number of aromatic nitrogens is 1. The molecule has 1 heterocycles. The Labute approximate surface area is 117 Å². The van der Waals surface area contributed by atoms with Gasteiger partial charge >= 0.3 is 0 Å². The van der Waals surface area contributed by atoms with E-state index in [-0.39, 0.29) is 0 Å². The minimum atomic E-state index is 0.560. The van der Waals surface area contributed by atoms with Crippen molar-refractivity contribution in [3.63, 3.8) is 0 Å². The molecule has 86 valence electrons. The summed E-state index contributed by atoms with van der Waals surface area (Å²) in [5.74, 6) is 0. The van der Waals surface area contributed by atoms with Crippen molar-refractivity contribution in [3.05, 3.63) is 51.6 Å². The fourth-order valence-corrected chi connectivity index (χ4v) is 2.64. The van der Waals surface area contributed by atoms with E-state index in [2.05, 4.69) is 20.9 Å². The molecule has 2 nitrogen and oxygen atoms in total. The molecule has 1 aromatic carbocycles. The van der Waals surface area contributed by atoms with Gasteiger partial charge in [-0.1, -0.05) is 35.5 Å². The Kier molecular flexibility index (Phi) is 4.20. The summed E-state index contributed by atoms with van der Waals surface area (Å²) < 4.78 is 0.914. The van der Waals surface area contributed by atoms with Gasteiger partial charge in [-0.3, -0.25) is 4.79 Å². The van der Waals surface area contributed by atoms with E-state index in [0.29, 0.717) is 10.6 Å². The van der Waals surface area contributed by atoms with Crippen LogP contribution in [-0.2, 0) is 0 Å². The highest BCUT2D eigenvalue weighted by Gasteiger charge is 2.08. The van der Waals surface area contributed by atoms with Crippen LogP contribution in [0, 0.1) is 0 Å². The topological polar surface area (TPSA) is 30.0 Å². The Morgan fingerprint density at radius 2 is 2.12 bits per heavy atom. The largest absolute Gasteiger partial charge is 0.298 e. The number of nitrogens with zero attached hydrogens (tertiary/aromatic N) is 1. The number of carbonyl (C=O) groups is 1. The predicted molar refractivity (Wildman–Crippen MR) is 72.9 cm³/mol. The van der Waals surface area contributed by atoms with Crippen molar-refractivity contribution in [2.45, 2.75) is 9.92 Å². The number of hydrogen-bond donors (Lipinski definition) is 0. The summed E-state index contributed by atoms with van der Waals surface area (Å²) >= 11 is 10.8. The van der Waals surface area contributed by atoms with Crippen LogP contribution in [0.4, 0.5) is 0 Å². The van der Waals surface area contributed by atoms with E-state index < -0.39 is 0 Å². The van der Waals surface area contributed by atoms with Gasteiger partial charge < -0.3 is 0 Å². The average Bonchev–Trinajstić information content (AvgIpc) is 2.34. The van der Waals surface area contributed by atoms with Crippen molar-refractivity contribution < 1.29 is 4.79 Å². The quantitative estimate of drug-likeness (QED) is 0.779. The summed E-state index contributed by atoms with van der Waals surface area (Å²) in [5.41, 5.74) is 0.576. The minimum Gasteiger partial charge on any atom is -0.298 e. The van der Waals surface area contributed by atoms with Gasteiger partial charge in [0.1, 0.15) is 5.03 Å². The van der Waals surface area contributed by atoms with Crippen LogP contribution < -0.4 is 0 Å². The van der Waals surface area contributed by atoms with E-state index in [1.807, 2.05) is 12.1 Å². The lowest BCUT2D eigenvalue weighted by atomic mass is 10.2. The summed E-state index contributed by atoms with van der Waals surface area (Å²) in [7, 11) is 0. The van der Waals surface area contributed by atoms with Gasteiger partial charge in [-0.15, -0.1) is 0 Å². The molecule has 1 aromatic heterocycles. The van der Waals surface area contributed by atoms with Gasteiger partial charge in [0.05, 0.1) is 5.02 Å². The first-order chi connectivity index (χ1) is 8.20. The van der Waals surface area contributed by atoms with Crippen molar-refractivity contribution in [1.29, 1.82) is 0 Å². The third kappa shape index (κ3) is 3.09. The molecule has 0 aliphatic carbocycles. The number of carbonyl (C=O) groups excluding carboxylic acids is 1. The van der Waals surface area contributed by atoms with E-state index in [1.165, 1.54) is 11.8 Å². The normalized spacial score (nSPS) is 10.2. The van der Waals surface area contributed by atoms with Gasteiger partial charge in [-0.25, -0.2) is 4.98 Å². The molecule has 0 saturated carbocycles. The van der Waals surface area contributed by atoms with Gasteiger partial charge in [0, 0.05) is 21.1 Å². The van der Waals surface area contributed by atoms with Crippen LogP contribution >= 0.6 is 39.3 Å². The Hall–Kier alpha value is -0.840. The fourth-order valence-electron chi connectivity index (χ4n) is 1.25. The molecule has 0 spiro atoms. The second-order valence-electron chi connectivity index (χ2n) is 3.19. The maximum atomic E-state index is 10.9. The van der Waals surface area contributed by atoms with Crippen LogP contribution in [0.5, 0.6) is 0 Å². The van der Waals surface area contributed by atoms with E-state index in [4.69, 9.17) is 11.6 Å². The second-order valence-corrected chi connectivity index (χ2v) is 5.55. The van der Waals surface area contributed by atoms with Crippen LogP contribution in [0.1, 0.15) is 10.4 Å². The number of halogens is 2. The zero-order valence-corrected chi connectivity index (χ0v) is 11.7. The first kappa shape index (κ1) is 12.6. The van der Waals surface area contributed by atoms with Gasteiger partial charge in [0.25, 0.3) is 0 Å². The van der Waals surface area contributed by atoms with E-state index in [9.17, 15) is 4.79 Å². The SMILES string of the molecule is O=Cc1cccc(Cl)c1Sc1ccc(Br)cn1. The number of benzene rings is 1. The molecule has 2 rings (SSSR count). The van der Waals surface area contributed by atoms with Gasteiger partial charge in [-0.2, -0.15) is 0 Å². The van der Waals surface area contributed by atoms with Gasteiger partial charge in [-0.05, 0) is 34.1 Å². The minimum absolute atomic E-state index is 0.560. The smallest absolute Gasteiger partial charge is 0.151 e. The Morgan fingerprint density at radius 1 is 1.29 bits per heavy atom. The molecule has 5 heteroatoms. The molecule has 17 heavy (non-hydrogen) atoms. The van der Waals surface area contributed by atoms with Crippen molar-refractivity contribution >= 4 is 45.6 Å². The average molecular weight is 329 g/mol. The molecule has 2 aromatic rings. The summed E-state index contributed by atoms with van der Waals surface area (Å²) in [4.78, 5) is 15.9. The highest BCUT2D eigenvalue weighted by atomic mass is 79.9.